The molecule has 0 saturated heterocycles. The summed E-state index contributed by atoms with van der Waals surface area (Å²) in [5, 5.41) is 9.37. The van der Waals surface area contributed by atoms with Crippen molar-refractivity contribution in [2.45, 2.75) is 38.1 Å². The van der Waals surface area contributed by atoms with Crippen LogP contribution in [0, 0.1) is 0 Å². The highest BCUT2D eigenvalue weighted by atomic mass is 35.5. The molecule has 0 heterocycles. The Kier molecular flexibility index (Phi) is 8.04. The third kappa shape index (κ3) is 6.75. The van der Waals surface area contributed by atoms with E-state index in [0.29, 0.717) is 27.7 Å². The van der Waals surface area contributed by atoms with Crippen LogP contribution >= 0.6 is 11.6 Å². The molecule has 176 valence electrons. The third-order valence-electron chi connectivity index (χ3n) is 5.72. The van der Waals surface area contributed by atoms with E-state index >= 15 is 0 Å². The zero-order valence-corrected chi connectivity index (χ0v) is 19.6. The molecular weight excluding hydrogens is 450 g/mol. The molecule has 3 aromatic rings. The number of para-hydroxylation sites is 1. The Morgan fingerprint density at radius 1 is 0.853 bits per heavy atom. The molecule has 3 N–H and O–H groups in total. The summed E-state index contributed by atoms with van der Waals surface area (Å²) in [6.07, 6.45) is 5.50. The summed E-state index contributed by atoms with van der Waals surface area (Å²) < 4.78 is 5.76. The van der Waals surface area contributed by atoms with Gasteiger partial charge >= 0.3 is 0 Å². The van der Waals surface area contributed by atoms with Crippen LogP contribution in [0.15, 0.2) is 72.8 Å². The molecule has 0 spiro atoms. The van der Waals surface area contributed by atoms with E-state index in [1.165, 1.54) is 6.42 Å². The molecule has 3 aromatic carbocycles. The Morgan fingerprint density at radius 3 is 2.26 bits per heavy atom. The van der Waals surface area contributed by atoms with Crippen molar-refractivity contribution in [3.8, 4) is 11.5 Å². The summed E-state index contributed by atoms with van der Waals surface area (Å²) in [5.74, 6) is 1.04. The minimum absolute atomic E-state index is 0.0492. The highest BCUT2D eigenvalue weighted by Gasteiger charge is 2.18. The highest BCUT2D eigenvalue weighted by molar-refractivity contribution is 6.34. The number of hydrogen-bond acceptors (Lipinski definition) is 4. The largest absolute Gasteiger partial charge is 0.457 e. The summed E-state index contributed by atoms with van der Waals surface area (Å²) in [6.45, 7) is 0.0492. The maximum absolute atomic E-state index is 12.7. The van der Waals surface area contributed by atoms with Crippen LogP contribution < -0.4 is 20.7 Å². The number of ether oxygens (including phenoxy) is 1. The molecule has 0 aliphatic heterocycles. The van der Waals surface area contributed by atoms with Gasteiger partial charge in [0, 0.05) is 17.4 Å². The average molecular weight is 478 g/mol. The lowest BCUT2D eigenvalue weighted by Crippen LogP contribution is -2.36. The van der Waals surface area contributed by atoms with E-state index < -0.39 is 0 Å². The standard InChI is InChI=1S/C27H28ClN3O3/c28-25-16-13-21(17-24(25)27(33)31-19-7-3-1-4-8-19)29-18-26(32)30-20-11-14-23(15-12-20)34-22-9-5-2-6-10-22/h2,5-6,9-17,19,29H,1,3-4,7-8,18H2,(H,30,32)(H,31,33). The molecule has 0 atom stereocenters. The molecule has 1 aliphatic carbocycles. The Bertz CT molecular complexity index is 1110. The van der Waals surface area contributed by atoms with Crippen LogP contribution in [0.2, 0.25) is 5.02 Å². The second kappa shape index (κ2) is 11.6. The van der Waals surface area contributed by atoms with Gasteiger partial charge in [0.15, 0.2) is 0 Å². The van der Waals surface area contributed by atoms with Gasteiger partial charge in [-0.1, -0.05) is 49.1 Å². The van der Waals surface area contributed by atoms with E-state index in [0.717, 1.165) is 31.4 Å². The maximum Gasteiger partial charge on any atom is 0.253 e. The fraction of sp³-hybridized carbons (Fsp3) is 0.259. The van der Waals surface area contributed by atoms with Crippen molar-refractivity contribution in [2.24, 2.45) is 0 Å². The van der Waals surface area contributed by atoms with Crippen LogP contribution in [0.1, 0.15) is 42.5 Å². The molecule has 2 amide bonds. The molecule has 0 bridgehead atoms. The van der Waals surface area contributed by atoms with E-state index in [4.69, 9.17) is 16.3 Å². The number of nitrogens with one attached hydrogen (secondary N) is 3. The van der Waals surface area contributed by atoms with Crippen molar-refractivity contribution < 1.29 is 14.3 Å². The van der Waals surface area contributed by atoms with Gasteiger partial charge in [0.05, 0.1) is 17.1 Å². The first kappa shape index (κ1) is 23.6. The molecule has 0 unspecified atom stereocenters. The van der Waals surface area contributed by atoms with Crippen LogP contribution in [0.25, 0.3) is 0 Å². The summed E-state index contributed by atoms with van der Waals surface area (Å²) in [5.41, 5.74) is 1.72. The Labute approximate surface area is 204 Å². The fourth-order valence-corrected chi connectivity index (χ4v) is 4.14. The zero-order chi connectivity index (χ0) is 23.8. The SMILES string of the molecule is O=C(CNc1ccc(Cl)c(C(=O)NC2CCCCC2)c1)Nc1ccc(Oc2ccccc2)cc1. The quantitative estimate of drug-likeness (QED) is 0.358. The van der Waals surface area contributed by atoms with E-state index in [-0.39, 0.29) is 24.4 Å². The molecule has 4 rings (SSSR count). The third-order valence-corrected chi connectivity index (χ3v) is 6.05. The molecule has 34 heavy (non-hydrogen) atoms. The molecule has 1 saturated carbocycles. The summed E-state index contributed by atoms with van der Waals surface area (Å²) in [7, 11) is 0. The number of anilines is 2. The number of benzene rings is 3. The number of carbonyl (C=O) groups excluding carboxylic acids is 2. The van der Waals surface area contributed by atoms with Crippen LogP contribution in [-0.4, -0.2) is 24.4 Å². The van der Waals surface area contributed by atoms with Gasteiger partial charge in [-0.2, -0.15) is 0 Å². The van der Waals surface area contributed by atoms with Crippen LogP contribution in [0.4, 0.5) is 11.4 Å². The Morgan fingerprint density at radius 2 is 1.53 bits per heavy atom. The molecule has 7 heteroatoms. The summed E-state index contributed by atoms with van der Waals surface area (Å²) in [4.78, 5) is 25.1. The van der Waals surface area contributed by atoms with Gasteiger partial charge in [-0.15, -0.1) is 0 Å². The molecule has 0 aromatic heterocycles. The first-order chi connectivity index (χ1) is 16.6. The van der Waals surface area contributed by atoms with Gasteiger partial charge < -0.3 is 20.7 Å². The van der Waals surface area contributed by atoms with Gasteiger partial charge in [-0.25, -0.2) is 0 Å². The van der Waals surface area contributed by atoms with Crippen LogP contribution in [-0.2, 0) is 4.79 Å². The lowest BCUT2D eigenvalue weighted by atomic mass is 9.95. The van der Waals surface area contributed by atoms with E-state index in [9.17, 15) is 9.59 Å². The minimum Gasteiger partial charge on any atom is -0.457 e. The smallest absolute Gasteiger partial charge is 0.253 e. The zero-order valence-electron chi connectivity index (χ0n) is 18.9. The lowest BCUT2D eigenvalue weighted by molar-refractivity contribution is -0.114. The predicted molar refractivity (Wildman–Crippen MR) is 136 cm³/mol. The van der Waals surface area contributed by atoms with E-state index in [1.54, 1.807) is 42.5 Å². The molecule has 1 fully saturated rings. The average Bonchev–Trinajstić information content (AvgIpc) is 2.86. The minimum atomic E-state index is -0.208. The molecule has 0 radical (unpaired) electrons. The number of carbonyl (C=O) groups is 2. The van der Waals surface area contributed by atoms with Crippen molar-refractivity contribution >= 4 is 34.8 Å². The van der Waals surface area contributed by atoms with Crippen LogP contribution in [0.5, 0.6) is 11.5 Å². The highest BCUT2D eigenvalue weighted by Crippen LogP contribution is 2.24. The van der Waals surface area contributed by atoms with Crippen LogP contribution in [0.3, 0.4) is 0 Å². The molecule has 1 aliphatic rings. The number of hydrogen-bond donors (Lipinski definition) is 3. The molecular formula is C27H28ClN3O3. The second-order valence-corrected chi connectivity index (χ2v) is 8.75. The number of halogens is 1. The van der Waals surface area contributed by atoms with Crippen molar-refractivity contribution in [1.29, 1.82) is 0 Å². The normalized spacial score (nSPS) is 13.7. The topological polar surface area (TPSA) is 79.5 Å². The van der Waals surface area contributed by atoms with Crippen molar-refractivity contribution in [3.63, 3.8) is 0 Å². The van der Waals surface area contributed by atoms with E-state index in [1.807, 2.05) is 30.3 Å². The first-order valence-corrected chi connectivity index (χ1v) is 11.9. The van der Waals surface area contributed by atoms with E-state index in [2.05, 4.69) is 16.0 Å². The monoisotopic (exact) mass is 477 g/mol. The van der Waals surface area contributed by atoms with Gasteiger partial charge in [0.1, 0.15) is 11.5 Å². The van der Waals surface area contributed by atoms with Gasteiger partial charge in [-0.05, 0) is 67.4 Å². The first-order valence-electron chi connectivity index (χ1n) is 11.5. The Hall–Kier alpha value is -3.51. The maximum atomic E-state index is 12.7. The number of rotatable bonds is 8. The molecule has 6 nitrogen and oxygen atoms in total. The van der Waals surface area contributed by atoms with Crippen molar-refractivity contribution in [1.82, 2.24) is 5.32 Å². The Balaban J connectivity index is 1.28. The predicted octanol–water partition coefficient (Wildman–Crippen LogP) is 6.25. The van der Waals surface area contributed by atoms with Gasteiger partial charge in [0.25, 0.3) is 5.91 Å². The van der Waals surface area contributed by atoms with Crippen molar-refractivity contribution in [3.05, 3.63) is 83.4 Å². The lowest BCUT2D eigenvalue weighted by Gasteiger charge is -2.23. The second-order valence-electron chi connectivity index (χ2n) is 8.34. The van der Waals surface area contributed by atoms with Crippen molar-refractivity contribution in [2.75, 3.05) is 17.2 Å². The summed E-state index contributed by atoms with van der Waals surface area (Å²) in [6, 6.07) is 22.0. The fourth-order valence-electron chi connectivity index (χ4n) is 3.94. The van der Waals surface area contributed by atoms with Gasteiger partial charge in [0.2, 0.25) is 5.91 Å². The summed E-state index contributed by atoms with van der Waals surface area (Å²) >= 11 is 6.26. The number of amides is 2. The van der Waals surface area contributed by atoms with Gasteiger partial charge in [-0.3, -0.25) is 9.59 Å².